The third kappa shape index (κ3) is 3.13. The van der Waals surface area contributed by atoms with Crippen molar-refractivity contribution in [2.45, 2.75) is 31.2 Å². The van der Waals surface area contributed by atoms with Crippen molar-refractivity contribution in [2.75, 3.05) is 19.7 Å². The summed E-state index contributed by atoms with van der Waals surface area (Å²) in [5.41, 5.74) is 2.90. The molecular formula is C19H21FN2O4. The fourth-order valence-electron chi connectivity index (χ4n) is 3.62. The van der Waals surface area contributed by atoms with Crippen LogP contribution in [0.5, 0.6) is 0 Å². The van der Waals surface area contributed by atoms with Gasteiger partial charge in [0.2, 0.25) is 0 Å². The van der Waals surface area contributed by atoms with Crippen molar-refractivity contribution in [3.05, 3.63) is 41.9 Å². The van der Waals surface area contributed by atoms with Crippen molar-refractivity contribution in [2.24, 2.45) is 0 Å². The Labute approximate surface area is 149 Å². The molecule has 6 nitrogen and oxygen atoms in total. The van der Waals surface area contributed by atoms with Crippen molar-refractivity contribution in [1.82, 2.24) is 9.88 Å². The van der Waals surface area contributed by atoms with Crippen molar-refractivity contribution in [3.63, 3.8) is 0 Å². The van der Waals surface area contributed by atoms with Crippen LogP contribution in [0.15, 0.2) is 30.5 Å². The molecular weight excluding hydrogens is 339 g/mol. The number of rotatable bonds is 2. The molecule has 2 aromatic rings. The van der Waals surface area contributed by atoms with Gasteiger partial charge in [-0.3, -0.25) is 4.79 Å². The van der Waals surface area contributed by atoms with Crippen LogP contribution in [0.3, 0.4) is 0 Å². The molecule has 0 spiro atoms. The molecule has 1 saturated heterocycles. The number of aromatic nitrogens is 1. The number of benzene rings is 1. The number of carbonyl (C=O) groups is 1. The highest BCUT2D eigenvalue weighted by Gasteiger charge is 2.35. The van der Waals surface area contributed by atoms with Crippen LogP contribution in [0.4, 0.5) is 4.39 Å². The average molecular weight is 360 g/mol. The molecule has 1 amide bonds. The number of amides is 1. The normalized spacial score (nSPS) is 26.8. The third-order valence-electron chi connectivity index (χ3n) is 5.15. The minimum absolute atomic E-state index is 0.0294. The Bertz CT molecular complexity index is 862. The third-order valence-corrected chi connectivity index (χ3v) is 5.15. The van der Waals surface area contributed by atoms with E-state index < -0.39 is 18.3 Å². The van der Waals surface area contributed by atoms with Gasteiger partial charge in [-0.2, -0.15) is 0 Å². The van der Waals surface area contributed by atoms with Gasteiger partial charge in [-0.1, -0.05) is 6.08 Å². The second-order valence-corrected chi connectivity index (χ2v) is 6.85. The summed E-state index contributed by atoms with van der Waals surface area (Å²) in [5, 5.41) is 20.2. The predicted molar refractivity (Wildman–Crippen MR) is 93.8 cm³/mol. The molecule has 0 aliphatic carbocycles. The Kier molecular flexibility index (Phi) is 4.52. The maximum absolute atomic E-state index is 13.3. The topological polar surface area (TPSA) is 85.8 Å². The minimum Gasteiger partial charge on any atom is -0.390 e. The van der Waals surface area contributed by atoms with Crippen LogP contribution >= 0.6 is 0 Å². The number of nitrogens with one attached hydrogen (secondary N) is 1. The molecule has 3 heterocycles. The Morgan fingerprint density at radius 2 is 2.15 bits per heavy atom. The highest BCUT2D eigenvalue weighted by Crippen LogP contribution is 2.30. The zero-order valence-electron chi connectivity index (χ0n) is 14.2. The zero-order valence-corrected chi connectivity index (χ0v) is 14.2. The molecule has 1 aromatic carbocycles. The van der Waals surface area contributed by atoms with E-state index in [2.05, 4.69) is 4.98 Å². The fourth-order valence-corrected chi connectivity index (χ4v) is 3.62. The van der Waals surface area contributed by atoms with Crippen molar-refractivity contribution < 1.29 is 24.1 Å². The first-order valence-electron chi connectivity index (χ1n) is 8.75. The van der Waals surface area contributed by atoms with E-state index in [0.29, 0.717) is 19.5 Å². The van der Waals surface area contributed by atoms with Crippen LogP contribution in [0.25, 0.3) is 16.5 Å². The summed E-state index contributed by atoms with van der Waals surface area (Å²) >= 11 is 0. The van der Waals surface area contributed by atoms with Gasteiger partial charge in [0.25, 0.3) is 5.91 Å². The first-order chi connectivity index (χ1) is 12.5. The number of aliphatic hydroxyl groups excluding tert-OH is 2. The van der Waals surface area contributed by atoms with E-state index in [1.54, 1.807) is 11.0 Å². The van der Waals surface area contributed by atoms with E-state index in [9.17, 15) is 19.4 Å². The summed E-state index contributed by atoms with van der Waals surface area (Å²) in [5.74, 6) is -0.438. The molecule has 0 bridgehead atoms. The van der Waals surface area contributed by atoms with E-state index >= 15 is 0 Å². The number of aliphatic hydroxyl groups is 2. The standard InChI is InChI=1S/C19H21FN2O4/c20-12-1-2-13-14(9-21-15(13)7-12)11-3-5-22(6-4-11)19(25)18-8-16(23)17(24)10-26-18/h1-3,7,9,16-18,21,23-24H,4-6,8,10H2/t16-,17+,18+/m0/s1. The molecule has 1 aromatic heterocycles. The molecule has 0 saturated carbocycles. The summed E-state index contributed by atoms with van der Waals surface area (Å²) in [6.45, 7) is 0.982. The van der Waals surface area contributed by atoms with Gasteiger partial charge in [0.15, 0.2) is 0 Å². The van der Waals surface area contributed by atoms with Gasteiger partial charge in [0.1, 0.15) is 18.0 Å². The lowest BCUT2D eigenvalue weighted by Gasteiger charge is -2.34. The van der Waals surface area contributed by atoms with E-state index in [-0.39, 0.29) is 24.8 Å². The summed E-state index contributed by atoms with van der Waals surface area (Å²) in [4.78, 5) is 17.4. The van der Waals surface area contributed by atoms with Gasteiger partial charge in [-0.25, -0.2) is 4.39 Å². The van der Waals surface area contributed by atoms with Crippen molar-refractivity contribution >= 4 is 22.4 Å². The minimum atomic E-state index is -0.932. The summed E-state index contributed by atoms with van der Waals surface area (Å²) < 4.78 is 18.7. The summed E-state index contributed by atoms with van der Waals surface area (Å²) in [7, 11) is 0. The number of ether oxygens (including phenoxy) is 1. The predicted octanol–water partition coefficient (Wildman–Crippen LogP) is 1.43. The van der Waals surface area contributed by atoms with E-state index in [1.807, 2.05) is 12.3 Å². The largest absolute Gasteiger partial charge is 0.390 e. The molecule has 0 unspecified atom stereocenters. The molecule has 2 aliphatic heterocycles. The van der Waals surface area contributed by atoms with Crippen LogP contribution in [0.1, 0.15) is 18.4 Å². The zero-order chi connectivity index (χ0) is 18.3. The van der Waals surface area contributed by atoms with Crippen LogP contribution in [0.2, 0.25) is 0 Å². The van der Waals surface area contributed by atoms with E-state index in [1.165, 1.54) is 12.1 Å². The number of hydrogen-bond donors (Lipinski definition) is 3. The van der Waals surface area contributed by atoms with Gasteiger partial charge in [-0.05, 0) is 30.2 Å². The van der Waals surface area contributed by atoms with Crippen LogP contribution in [0, 0.1) is 5.82 Å². The Morgan fingerprint density at radius 3 is 2.88 bits per heavy atom. The number of carbonyl (C=O) groups excluding carboxylic acids is 1. The quantitative estimate of drug-likeness (QED) is 0.756. The highest BCUT2D eigenvalue weighted by molar-refractivity contribution is 5.93. The van der Waals surface area contributed by atoms with Gasteiger partial charge >= 0.3 is 0 Å². The van der Waals surface area contributed by atoms with Crippen LogP contribution in [-0.4, -0.2) is 64.0 Å². The Balaban J connectivity index is 1.47. The van der Waals surface area contributed by atoms with Crippen LogP contribution < -0.4 is 0 Å². The molecule has 4 rings (SSSR count). The molecule has 1 fully saturated rings. The maximum atomic E-state index is 13.3. The number of aromatic amines is 1. The van der Waals surface area contributed by atoms with E-state index in [4.69, 9.17) is 4.74 Å². The highest BCUT2D eigenvalue weighted by atomic mass is 19.1. The molecule has 3 atom stereocenters. The van der Waals surface area contributed by atoms with E-state index in [0.717, 1.165) is 22.0 Å². The molecule has 7 heteroatoms. The summed E-state index contributed by atoms with van der Waals surface area (Å²) in [6.07, 6.45) is 2.10. The smallest absolute Gasteiger partial charge is 0.252 e. The van der Waals surface area contributed by atoms with Gasteiger partial charge in [-0.15, -0.1) is 0 Å². The van der Waals surface area contributed by atoms with Gasteiger partial charge in [0.05, 0.1) is 12.7 Å². The second kappa shape index (κ2) is 6.83. The average Bonchev–Trinajstić information content (AvgIpc) is 3.06. The molecule has 138 valence electrons. The SMILES string of the molecule is O=C([C@H]1C[C@H](O)[C@H](O)CO1)N1CC=C(c2c[nH]c3cc(F)ccc23)CC1. The monoisotopic (exact) mass is 360 g/mol. The number of halogens is 1. The van der Waals surface area contributed by atoms with Gasteiger partial charge in [0, 0.05) is 42.2 Å². The molecule has 26 heavy (non-hydrogen) atoms. The summed E-state index contributed by atoms with van der Waals surface area (Å²) in [6, 6.07) is 4.68. The van der Waals surface area contributed by atoms with Crippen molar-refractivity contribution in [3.8, 4) is 0 Å². The Morgan fingerprint density at radius 1 is 1.31 bits per heavy atom. The maximum Gasteiger partial charge on any atom is 0.252 e. The number of hydrogen-bond acceptors (Lipinski definition) is 4. The first kappa shape index (κ1) is 17.2. The molecule has 3 N–H and O–H groups in total. The molecule has 0 radical (unpaired) electrons. The van der Waals surface area contributed by atoms with Crippen molar-refractivity contribution in [1.29, 1.82) is 0 Å². The van der Waals surface area contributed by atoms with Gasteiger partial charge < -0.3 is 24.8 Å². The first-order valence-corrected chi connectivity index (χ1v) is 8.75. The lowest BCUT2D eigenvalue weighted by Crippen LogP contribution is -2.49. The lowest BCUT2D eigenvalue weighted by molar-refractivity contribution is -0.162. The lowest BCUT2D eigenvalue weighted by atomic mass is 9.97. The number of nitrogens with zero attached hydrogens (tertiary/aromatic N) is 1. The Hall–Kier alpha value is -2.22. The molecule has 2 aliphatic rings. The van der Waals surface area contributed by atoms with Crippen LogP contribution in [-0.2, 0) is 9.53 Å². The fraction of sp³-hybridized carbons (Fsp3) is 0.421. The number of fused-ring (bicyclic) bond motifs is 1. The second-order valence-electron chi connectivity index (χ2n) is 6.85. The number of H-pyrrole nitrogens is 1.